The second kappa shape index (κ2) is 8.79. The van der Waals surface area contributed by atoms with Crippen LogP contribution in [0.3, 0.4) is 0 Å². The van der Waals surface area contributed by atoms with E-state index < -0.39 is 0 Å². The first kappa shape index (κ1) is 20.3. The SMILES string of the molecule is Cc1ccc(-c2cc(Nc3cccc(C(=O)Nc4ccc(C)cc4C)c3)ncn2)cc1. The quantitative estimate of drug-likeness (QED) is 0.421. The van der Waals surface area contributed by atoms with Crippen LogP contribution in [0.4, 0.5) is 17.2 Å². The van der Waals surface area contributed by atoms with Crippen molar-refractivity contribution in [1.29, 1.82) is 0 Å². The number of carbonyl (C=O) groups excluding carboxylic acids is 1. The van der Waals surface area contributed by atoms with Gasteiger partial charge in [0.25, 0.3) is 5.91 Å². The first-order valence-electron chi connectivity index (χ1n) is 10.1. The van der Waals surface area contributed by atoms with Gasteiger partial charge in [0.1, 0.15) is 12.1 Å². The van der Waals surface area contributed by atoms with Crippen molar-refractivity contribution in [2.75, 3.05) is 10.6 Å². The van der Waals surface area contributed by atoms with Crippen LogP contribution in [0.15, 0.2) is 79.1 Å². The van der Waals surface area contributed by atoms with E-state index in [1.807, 2.05) is 68.4 Å². The van der Waals surface area contributed by atoms with Gasteiger partial charge in [-0.25, -0.2) is 9.97 Å². The Hall–Kier alpha value is -3.99. The predicted molar refractivity (Wildman–Crippen MR) is 126 cm³/mol. The minimum atomic E-state index is -0.154. The largest absolute Gasteiger partial charge is 0.340 e. The van der Waals surface area contributed by atoms with E-state index in [4.69, 9.17) is 0 Å². The monoisotopic (exact) mass is 408 g/mol. The number of anilines is 3. The first-order valence-corrected chi connectivity index (χ1v) is 10.1. The van der Waals surface area contributed by atoms with Crippen LogP contribution in [-0.2, 0) is 0 Å². The molecule has 0 bridgehead atoms. The Balaban J connectivity index is 1.51. The van der Waals surface area contributed by atoms with E-state index in [1.54, 1.807) is 6.07 Å². The molecule has 5 heteroatoms. The van der Waals surface area contributed by atoms with E-state index in [0.717, 1.165) is 33.8 Å². The molecule has 3 aromatic carbocycles. The molecular formula is C26H24N4O. The summed E-state index contributed by atoms with van der Waals surface area (Å²) >= 11 is 0. The van der Waals surface area contributed by atoms with Gasteiger partial charge in [0, 0.05) is 28.6 Å². The minimum Gasteiger partial charge on any atom is -0.340 e. The van der Waals surface area contributed by atoms with Crippen molar-refractivity contribution < 1.29 is 4.79 Å². The van der Waals surface area contributed by atoms with E-state index in [1.165, 1.54) is 11.9 Å². The molecule has 5 nitrogen and oxygen atoms in total. The normalized spacial score (nSPS) is 10.5. The summed E-state index contributed by atoms with van der Waals surface area (Å²) in [5.74, 6) is 0.510. The standard InChI is InChI=1S/C26H24N4O/c1-17-7-10-20(11-8-17)24-15-25(28-16-27-24)29-22-6-4-5-21(14-22)26(31)30-23-12-9-18(2)13-19(23)3/h4-16H,1-3H3,(H,30,31)(H,27,28,29). The Labute approximate surface area is 182 Å². The molecule has 0 saturated carbocycles. The number of benzene rings is 3. The average molecular weight is 409 g/mol. The summed E-state index contributed by atoms with van der Waals surface area (Å²) in [7, 11) is 0. The number of nitrogens with zero attached hydrogens (tertiary/aromatic N) is 2. The fourth-order valence-electron chi connectivity index (χ4n) is 3.34. The highest BCUT2D eigenvalue weighted by atomic mass is 16.1. The third kappa shape index (κ3) is 4.95. The lowest BCUT2D eigenvalue weighted by molar-refractivity contribution is 0.102. The zero-order chi connectivity index (χ0) is 21.8. The summed E-state index contributed by atoms with van der Waals surface area (Å²) in [5.41, 5.74) is 7.42. The molecule has 0 radical (unpaired) electrons. The summed E-state index contributed by atoms with van der Waals surface area (Å²) in [6.07, 6.45) is 1.54. The van der Waals surface area contributed by atoms with Gasteiger partial charge in [0.15, 0.2) is 0 Å². The lowest BCUT2D eigenvalue weighted by atomic mass is 10.1. The Morgan fingerprint density at radius 2 is 1.58 bits per heavy atom. The summed E-state index contributed by atoms with van der Waals surface area (Å²) < 4.78 is 0. The van der Waals surface area contributed by atoms with Crippen molar-refractivity contribution in [3.8, 4) is 11.3 Å². The zero-order valence-electron chi connectivity index (χ0n) is 17.8. The average Bonchev–Trinajstić information content (AvgIpc) is 2.76. The predicted octanol–water partition coefficient (Wildman–Crippen LogP) is 6.06. The Kier molecular flexibility index (Phi) is 5.76. The molecule has 0 aliphatic carbocycles. The Morgan fingerprint density at radius 1 is 0.806 bits per heavy atom. The fraction of sp³-hybridized carbons (Fsp3) is 0.115. The number of aromatic nitrogens is 2. The smallest absolute Gasteiger partial charge is 0.255 e. The zero-order valence-corrected chi connectivity index (χ0v) is 17.8. The van der Waals surface area contributed by atoms with Crippen LogP contribution in [0, 0.1) is 20.8 Å². The summed E-state index contributed by atoms with van der Waals surface area (Å²) in [6.45, 7) is 6.08. The highest BCUT2D eigenvalue weighted by molar-refractivity contribution is 6.05. The molecule has 0 saturated heterocycles. The Morgan fingerprint density at radius 3 is 2.35 bits per heavy atom. The van der Waals surface area contributed by atoms with E-state index in [9.17, 15) is 4.79 Å². The van der Waals surface area contributed by atoms with Gasteiger partial charge in [-0.3, -0.25) is 4.79 Å². The number of carbonyl (C=O) groups is 1. The number of nitrogens with one attached hydrogen (secondary N) is 2. The summed E-state index contributed by atoms with van der Waals surface area (Å²) in [4.78, 5) is 21.4. The van der Waals surface area contributed by atoms with Crippen LogP contribution in [0.2, 0.25) is 0 Å². The molecule has 2 N–H and O–H groups in total. The van der Waals surface area contributed by atoms with Gasteiger partial charge in [-0.15, -0.1) is 0 Å². The van der Waals surface area contributed by atoms with Gasteiger partial charge < -0.3 is 10.6 Å². The van der Waals surface area contributed by atoms with Crippen molar-refractivity contribution in [1.82, 2.24) is 9.97 Å². The van der Waals surface area contributed by atoms with Gasteiger partial charge in [-0.2, -0.15) is 0 Å². The fourth-order valence-corrected chi connectivity index (χ4v) is 3.34. The maximum atomic E-state index is 12.8. The van der Waals surface area contributed by atoms with Crippen LogP contribution in [0.1, 0.15) is 27.0 Å². The summed E-state index contributed by atoms with van der Waals surface area (Å²) in [6, 6.07) is 23.4. The second-order valence-corrected chi connectivity index (χ2v) is 7.63. The number of hydrogen-bond acceptors (Lipinski definition) is 4. The van der Waals surface area contributed by atoms with E-state index in [-0.39, 0.29) is 5.91 Å². The van der Waals surface area contributed by atoms with Crippen molar-refractivity contribution in [2.24, 2.45) is 0 Å². The van der Waals surface area contributed by atoms with Gasteiger partial charge in [-0.1, -0.05) is 53.6 Å². The molecule has 1 heterocycles. The molecule has 0 fully saturated rings. The van der Waals surface area contributed by atoms with Crippen LogP contribution in [0.5, 0.6) is 0 Å². The van der Waals surface area contributed by atoms with Gasteiger partial charge in [0.05, 0.1) is 5.69 Å². The van der Waals surface area contributed by atoms with Crippen LogP contribution < -0.4 is 10.6 Å². The van der Waals surface area contributed by atoms with Crippen molar-refractivity contribution in [3.05, 3.63) is 101 Å². The maximum Gasteiger partial charge on any atom is 0.255 e. The number of aryl methyl sites for hydroxylation is 3. The molecule has 4 rings (SSSR count). The van der Waals surface area contributed by atoms with Gasteiger partial charge in [-0.05, 0) is 50.6 Å². The molecule has 0 spiro atoms. The second-order valence-electron chi connectivity index (χ2n) is 7.63. The van der Waals surface area contributed by atoms with E-state index in [0.29, 0.717) is 11.4 Å². The maximum absolute atomic E-state index is 12.8. The Bertz CT molecular complexity index is 1230. The van der Waals surface area contributed by atoms with Crippen LogP contribution >= 0.6 is 0 Å². The third-order valence-corrected chi connectivity index (χ3v) is 5.04. The number of amides is 1. The highest BCUT2D eigenvalue weighted by Crippen LogP contribution is 2.23. The molecule has 154 valence electrons. The van der Waals surface area contributed by atoms with E-state index >= 15 is 0 Å². The number of hydrogen-bond donors (Lipinski definition) is 2. The van der Waals surface area contributed by atoms with Gasteiger partial charge >= 0.3 is 0 Å². The molecule has 4 aromatic rings. The molecule has 0 aliphatic rings. The van der Waals surface area contributed by atoms with Gasteiger partial charge in [0.2, 0.25) is 0 Å². The van der Waals surface area contributed by atoms with Crippen LogP contribution in [0.25, 0.3) is 11.3 Å². The van der Waals surface area contributed by atoms with Crippen LogP contribution in [-0.4, -0.2) is 15.9 Å². The van der Waals surface area contributed by atoms with E-state index in [2.05, 4.69) is 39.7 Å². The van der Waals surface area contributed by atoms with Crippen molar-refractivity contribution >= 4 is 23.1 Å². The molecule has 0 aliphatic heterocycles. The molecular weight excluding hydrogens is 384 g/mol. The third-order valence-electron chi connectivity index (χ3n) is 5.04. The molecule has 1 aromatic heterocycles. The van der Waals surface area contributed by atoms with Crippen molar-refractivity contribution in [3.63, 3.8) is 0 Å². The molecule has 1 amide bonds. The first-order chi connectivity index (χ1) is 15.0. The molecule has 0 atom stereocenters. The number of rotatable bonds is 5. The lowest BCUT2D eigenvalue weighted by Crippen LogP contribution is -2.13. The summed E-state index contributed by atoms with van der Waals surface area (Å²) in [5, 5.41) is 6.26. The molecule has 0 unspecified atom stereocenters. The van der Waals surface area contributed by atoms with Crippen molar-refractivity contribution in [2.45, 2.75) is 20.8 Å². The highest BCUT2D eigenvalue weighted by Gasteiger charge is 2.09. The molecule has 31 heavy (non-hydrogen) atoms. The lowest BCUT2D eigenvalue weighted by Gasteiger charge is -2.11. The topological polar surface area (TPSA) is 66.9 Å². The minimum absolute atomic E-state index is 0.154.